The number of pyridine rings is 1. The number of carbonyl (C=O) groups is 1. The van der Waals surface area contributed by atoms with Crippen molar-refractivity contribution in [2.75, 3.05) is 11.9 Å². The van der Waals surface area contributed by atoms with Gasteiger partial charge >= 0.3 is 0 Å². The molecule has 0 bridgehead atoms. The van der Waals surface area contributed by atoms with Crippen LogP contribution in [0.15, 0.2) is 29.1 Å². The SMILES string of the molecule is Cc1cc(=O)[nH]c2cc(NC(=O)C(N)CCCCN)ccc12. The summed E-state index contributed by atoms with van der Waals surface area (Å²) in [7, 11) is 0. The van der Waals surface area contributed by atoms with Gasteiger partial charge in [0.1, 0.15) is 0 Å². The summed E-state index contributed by atoms with van der Waals surface area (Å²) in [6.45, 7) is 2.48. The Balaban J connectivity index is 2.11. The highest BCUT2D eigenvalue weighted by atomic mass is 16.2. The molecule has 2 aromatic rings. The lowest BCUT2D eigenvalue weighted by molar-refractivity contribution is -0.117. The van der Waals surface area contributed by atoms with Crippen molar-refractivity contribution in [1.29, 1.82) is 0 Å². The van der Waals surface area contributed by atoms with Crippen LogP contribution >= 0.6 is 0 Å². The Hall–Kier alpha value is -2.18. The number of nitrogens with two attached hydrogens (primary N) is 2. The molecule has 0 aliphatic carbocycles. The molecule has 0 spiro atoms. The average Bonchev–Trinajstić information content (AvgIpc) is 2.46. The van der Waals surface area contributed by atoms with E-state index in [2.05, 4.69) is 10.3 Å². The van der Waals surface area contributed by atoms with E-state index in [1.54, 1.807) is 18.2 Å². The number of nitrogens with one attached hydrogen (secondary N) is 2. The van der Waals surface area contributed by atoms with Crippen molar-refractivity contribution in [3.8, 4) is 0 Å². The van der Waals surface area contributed by atoms with E-state index in [4.69, 9.17) is 11.5 Å². The molecular formula is C16H22N4O2. The van der Waals surface area contributed by atoms with Gasteiger partial charge in [-0.25, -0.2) is 0 Å². The summed E-state index contributed by atoms with van der Waals surface area (Å²) >= 11 is 0. The number of carbonyl (C=O) groups excluding carboxylic acids is 1. The van der Waals surface area contributed by atoms with Gasteiger partial charge in [0.15, 0.2) is 0 Å². The van der Waals surface area contributed by atoms with Gasteiger partial charge in [-0.15, -0.1) is 0 Å². The van der Waals surface area contributed by atoms with E-state index >= 15 is 0 Å². The Labute approximate surface area is 128 Å². The van der Waals surface area contributed by atoms with Crippen LogP contribution in [0.25, 0.3) is 10.9 Å². The highest BCUT2D eigenvalue weighted by molar-refractivity contribution is 5.96. The summed E-state index contributed by atoms with van der Waals surface area (Å²) in [5.74, 6) is -0.230. The first-order valence-electron chi connectivity index (χ1n) is 7.41. The number of H-pyrrole nitrogens is 1. The fourth-order valence-electron chi connectivity index (χ4n) is 2.39. The number of unbranched alkanes of at least 4 members (excludes halogenated alkanes) is 1. The van der Waals surface area contributed by atoms with Crippen LogP contribution in [0.5, 0.6) is 0 Å². The Morgan fingerprint density at radius 1 is 1.32 bits per heavy atom. The Morgan fingerprint density at radius 3 is 2.82 bits per heavy atom. The highest BCUT2D eigenvalue weighted by Crippen LogP contribution is 2.19. The van der Waals surface area contributed by atoms with Crippen LogP contribution < -0.4 is 22.3 Å². The van der Waals surface area contributed by atoms with Gasteiger partial charge in [0, 0.05) is 17.1 Å². The van der Waals surface area contributed by atoms with Crippen LogP contribution in [-0.2, 0) is 4.79 Å². The number of amides is 1. The first-order valence-corrected chi connectivity index (χ1v) is 7.41. The third-order valence-electron chi connectivity index (χ3n) is 3.62. The van der Waals surface area contributed by atoms with E-state index in [0.717, 1.165) is 23.8 Å². The normalized spacial score (nSPS) is 12.3. The summed E-state index contributed by atoms with van der Waals surface area (Å²) < 4.78 is 0. The van der Waals surface area contributed by atoms with Gasteiger partial charge in [-0.2, -0.15) is 0 Å². The lowest BCUT2D eigenvalue weighted by Gasteiger charge is -2.12. The zero-order valence-electron chi connectivity index (χ0n) is 12.7. The molecule has 1 amide bonds. The molecule has 1 heterocycles. The van der Waals surface area contributed by atoms with Crippen molar-refractivity contribution < 1.29 is 4.79 Å². The predicted molar refractivity (Wildman–Crippen MR) is 88.8 cm³/mol. The number of fused-ring (bicyclic) bond motifs is 1. The number of aromatic nitrogens is 1. The second-order valence-electron chi connectivity index (χ2n) is 5.46. The topological polar surface area (TPSA) is 114 Å². The summed E-state index contributed by atoms with van der Waals surface area (Å²) in [5, 5.41) is 3.73. The molecule has 1 aromatic carbocycles. The minimum absolute atomic E-state index is 0.160. The molecule has 6 nitrogen and oxygen atoms in total. The van der Waals surface area contributed by atoms with Crippen molar-refractivity contribution in [2.24, 2.45) is 11.5 Å². The maximum absolute atomic E-state index is 12.0. The lowest BCUT2D eigenvalue weighted by atomic mass is 10.1. The standard InChI is InChI=1S/C16H22N4O2/c1-10-8-15(21)20-14-9-11(5-6-12(10)14)19-16(22)13(18)4-2-3-7-17/h5-6,8-9,13H,2-4,7,17-18H2,1H3,(H,19,22)(H,20,21). The van der Waals surface area contributed by atoms with Gasteiger partial charge in [-0.3, -0.25) is 9.59 Å². The number of hydrogen-bond acceptors (Lipinski definition) is 4. The number of hydrogen-bond donors (Lipinski definition) is 4. The van der Waals surface area contributed by atoms with Gasteiger partial charge in [-0.1, -0.05) is 12.5 Å². The molecule has 1 unspecified atom stereocenters. The van der Waals surface area contributed by atoms with Gasteiger partial charge in [-0.05, 0) is 44.0 Å². The third-order valence-corrected chi connectivity index (χ3v) is 3.62. The van der Waals surface area contributed by atoms with Gasteiger partial charge < -0.3 is 21.8 Å². The van der Waals surface area contributed by atoms with E-state index < -0.39 is 6.04 Å². The zero-order valence-corrected chi connectivity index (χ0v) is 12.7. The quantitative estimate of drug-likeness (QED) is 0.601. The Bertz CT molecular complexity index is 724. The molecule has 22 heavy (non-hydrogen) atoms. The molecule has 6 N–H and O–H groups in total. The molecule has 0 aliphatic rings. The summed E-state index contributed by atoms with van der Waals surface area (Å²) in [6, 6.07) is 6.41. The number of anilines is 1. The number of aryl methyl sites for hydroxylation is 1. The van der Waals surface area contributed by atoms with E-state index in [0.29, 0.717) is 24.2 Å². The van der Waals surface area contributed by atoms with Crippen molar-refractivity contribution in [2.45, 2.75) is 32.2 Å². The summed E-state index contributed by atoms with van der Waals surface area (Å²) in [6.07, 6.45) is 2.29. The first-order chi connectivity index (χ1) is 10.5. The number of aromatic amines is 1. The maximum Gasteiger partial charge on any atom is 0.248 e. The minimum atomic E-state index is -0.557. The molecular weight excluding hydrogens is 280 g/mol. The Kier molecular flexibility index (Phi) is 5.30. The van der Waals surface area contributed by atoms with Crippen molar-refractivity contribution >= 4 is 22.5 Å². The van der Waals surface area contributed by atoms with Crippen molar-refractivity contribution in [3.63, 3.8) is 0 Å². The first kappa shape index (κ1) is 16.2. The highest BCUT2D eigenvalue weighted by Gasteiger charge is 2.13. The summed E-state index contributed by atoms with van der Waals surface area (Å²) in [4.78, 5) is 26.3. The van der Waals surface area contributed by atoms with Crippen LogP contribution in [0.2, 0.25) is 0 Å². The molecule has 0 fully saturated rings. The predicted octanol–water partition coefficient (Wildman–Crippen LogP) is 1.23. The van der Waals surface area contributed by atoms with Crippen LogP contribution in [0, 0.1) is 6.92 Å². The molecule has 0 radical (unpaired) electrons. The van der Waals surface area contributed by atoms with E-state index in [1.165, 1.54) is 0 Å². The number of benzene rings is 1. The van der Waals surface area contributed by atoms with Gasteiger partial charge in [0.2, 0.25) is 11.5 Å². The number of rotatable bonds is 6. The molecule has 6 heteroatoms. The van der Waals surface area contributed by atoms with Crippen LogP contribution in [0.1, 0.15) is 24.8 Å². The smallest absolute Gasteiger partial charge is 0.248 e. The minimum Gasteiger partial charge on any atom is -0.330 e. The van der Waals surface area contributed by atoms with Crippen LogP contribution in [0.4, 0.5) is 5.69 Å². The molecule has 0 saturated heterocycles. The largest absolute Gasteiger partial charge is 0.330 e. The lowest BCUT2D eigenvalue weighted by Crippen LogP contribution is -2.35. The maximum atomic E-state index is 12.0. The second kappa shape index (κ2) is 7.20. The van der Waals surface area contributed by atoms with Crippen molar-refractivity contribution in [1.82, 2.24) is 4.98 Å². The van der Waals surface area contributed by atoms with E-state index in [-0.39, 0.29) is 11.5 Å². The second-order valence-corrected chi connectivity index (χ2v) is 5.46. The Morgan fingerprint density at radius 2 is 2.09 bits per heavy atom. The summed E-state index contributed by atoms with van der Waals surface area (Å²) in [5.41, 5.74) is 13.3. The molecule has 2 rings (SSSR count). The molecule has 1 aromatic heterocycles. The average molecular weight is 302 g/mol. The molecule has 0 saturated carbocycles. The third kappa shape index (κ3) is 3.93. The fraction of sp³-hybridized carbons (Fsp3) is 0.375. The van der Waals surface area contributed by atoms with Crippen LogP contribution in [0.3, 0.4) is 0 Å². The molecule has 118 valence electrons. The van der Waals surface area contributed by atoms with Gasteiger partial charge in [0.05, 0.1) is 11.6 Å². The fourth-order valence-corrected chi connectivity index (χ4v) is 2.39. The molecule has 1 atom stereocenters. The monoisotopic (exact) mass is 302 g/mol. The van der Waals surface area contributed by atoms with Crippen molar-refractivity contribution in [3.05, 3.63) is 40.2 Å². The molecule has 0 aliphatic heterocycles. The van der Waals surface area contributed by atoms with Gasteiger partial charge in [0.25, 0.3) is 0 Å². The van der Waals surface area contributed by atoms with Crippen LogP contribution in [-0.4, -0.2) is 23.5 Å². The van der Waals surface area contributed by atoms with E-state index in [9.17, 15) is 9.59 Å². The zero-order chi connectivity index (χ0) is 16.1. The van der Waals surface area contributed by atoms with E-state index in [1.807, 2.05) is 13.0 Å².